The molecule has 5 nitrogen and oxygen atoms in total. The monoisotopic (exact) mass is 252 g/mol. The van der Waals surface area contributed by atoms with E-state index in [1.54, 1.807) is 0 Å². The number of nitrogens with one attached hydrogen (secondary N) is 1. The largest absolute Gasteiger partial charge is 0.477 e. The SMILES string of the molecule is CC(C)c1nc(OCC2CCOCC2)cc(=O)[nH]1. The number of rotatable bonds is 4. The topological polar surface area (TPSA) is 64.2 Å². The van der Waals surface area contributed by atoms with Crippen molar-refractivity contribution in [3.05, 3.63) is 22.2 Å². The van der Waals surface area contributed by atoms with Gasteiger partial charge in [-0.25, -0.2) is 0 Å². The number of nitrogens with zero attached hydrogens (tertiary/aromatic N) is 1. The van der Waals surface area contributed by atoms with Crippen molar-refractivity contribution in [3.63, 3.8) is 0 Å². The Kier molecular flexibility index (Phi) is 4.36. The second-order valence-corrected chi connectivity index (χ2v) is 4.99. The third-order valence-corrected chi connectivity index (χ3v) is 3.09. The normalized spacial score (nSPS) is 17.1. The van der Waals surface area contributed by atoms with Gasteiger partial charge in [0.1, 0.15) is 5.82 Å². The van der Waals surface area contributed by atoms with Crippen molar-refractivity contribution >= 4 is 0 Å². The van der Waals surface area contributed by atoms with E-state index in [1.807, 2.05) is 13.8 Å². The molecule has 0 spiro atoms. The zero-order chi connectivity index (χ0) is 13.0. The molecule has 100 valence electrons. The van der Waals surface area contributed by atoms with Crippen LogP contribution in [0.25, 0.3) is 0 Å². The van der Waals surface area contributed by atoms with E-state index in [-0.39, 0.29) is 11.5 Å². The fraction of sp³-hybridized carbons (Fsp3) is 0.692. The van der Waals surface area contributed by atoms with Crippen LogP contribution in [0.5, 0.6) is 5.88 Å². The van der Waals surface area contributed by atoms with Crippen LogP contribution in [0.1, 0.15) is 38.4 Å². The van der Waals surface area contributed by atoms with Gasteiger partial charge >= 0.3 is 0 Å². The lowest BCUT2D eigenvalue weighted by Gasteiger charge is -2.21. The molecule has 5 heteroatoms. The molecule has 0 aromatic carbocycles. The van der Waals surface area contributed by atoms with Crippen LogP contribution in [-0.4, -0.2) is 29.8 Å². The molecule has 1 aliphatic rings. The first-order valence-electron chi connectivity index (χ1n) is 6.47. The molecule has 0 unspecified atom stereocenters. The van der Waals surface area contributed by atoms with Crippen LogP contribution >= 0.6 is 0 Å². The van der Waals surface area contributed by atoms with E-state index in [9.17, 15) is 4.79 Å². The second-order valence-electron chi connectivity index (χ2n) is 4.99. The number of H-pyrrole nitrogens is 1. The minimum absolute atomic E-state index is 0.157. The first kappa shape index (κ1) is 13.1. The third-order valence-electron chi connectivity index (χ3n) is 3.09. The van der Waals surface area contributed by atoms with Gasteiger partial charge in [0, 0.05) is 19.1 Å². The maximum atomic E-state index is 11.5. The Bertz CT molecular complexity index is 436. The molecule has 18 heavy (non-hydrogen) atoms. The van der Waals surface area contributed by atoms with Crippen LogP contribution in [-0.2, 0) is 4.74 Å². The smallest absolute Gasteiger partial charge is 0.254 e. The van der Waals surface area contributed by atoms with E-state index in [0.717, 1.165) is 26.1 Å². The van der Waals surface area contributed by atoms with E-state index in [0.29, 0.717) is 24.2 Å². The van der Waals surface area contributed by atoms with Crippen LogP contribution in [0, 0.1) is 5.92 Å². The summed E-state index contributed by atoms with van der Waals surface area (Å²) in [5.74, 6) is 1.78. The highest BCUT2D eigenvalue weighted by atomic mass is 16.5. The van der Waals surface area contributed by atoms with Gasteiger partial charge in [0.2, 0.25) is 5.88 Å². The van der Waals surface area contributed by atoms with Crippen LogP contribution in [0.3, 0.4) is 0 Å². The van der Waals surface area contributed by atoms with Crippen LogP contribution in [0.15, 0.2) is 10.9 Å². The van der Waals surface area contributed by atoms with Gasteiger partial charge in [-0.2, -0.15) is 4.98 Å². The zero-order valence-electron chi connectivity index (χ0n) is 10.9. The first-order chi connectivity index (χ1) is 8.65. The fourth-order valence-electron chi connectivity index (χ4n) is 1.92. The summed E-state index contributed by atoms with van der Waals surface area (Å²) in [7, 11) is 0. The summed E-state index contributed by atoms with van der Waals surface area (Å²) in [5.41, 5.74) is -0.157. The van der Waals surface area contributed by atoms with Crippen molar-refractivity contribution in [2.45, 2.75) is 32.6 Å². The highest BCUT2D eigenvalue weighted by Crippen LogP contribution is 2.17. The molecule has 1 aliphatic heterocycles. The fourth-order valence-corrected chi connectivity index (χ4v) is 1.92. The molecule has 1 N–H and O–H groups in total. The maximum Gasteiger partial charge on any atom is 0.254 e. The quantitative estimate of drug-likeness (QED) is 0.885. The molecule has 0 atom stereocenters. The van der Waals surface area contributed by atoms with Crippen LogP contribution in [0.4, 0.5) is 0 Å². The second kappa shape index (κ2) is 6.00. The predicted octanol–water partition coefficient (Wildman–Crippen LogP) is 1.70. The zero-order valence-corrected chi connectivity index (χ0v) is 10.9. The Morgan fingerprint density at radius 3 is 2.89 bits per heavy atom. The van der Waals surface area contributed by atoms with Crippen molar-refractivity contribution in [3.8, 4) is 5.88 Å². The van der Waals surface area contributed by atoms with Gasteiger partial charge in [-0.15, -0.1) is 0 Å². The molecule has 2 rings (SSSR count). The molecular formula is C13H20N2O3. The van der Waals surface area contributed by atoms with Gasteiger partial charge < -0.3 is 14.5 Å². The van der Waals surface area contributed by atoms with Crippen molar-refractivity contribution in [2.24, 2.45) is 5.92 Å². The molecule has 0 bridgehead atoms. The van der Waals surface area contributed by atoms with Gasteiger partial charge in [0.05, 0.1) is 12.7 Å². The summed E-state index contributed by atoms with van der Waals surface area (Å²) in [4.78, 5) is 18.5. The summed E-state index contributed by atoms with van der Waals surface area (Å²) >= 11 is 0. The highest BCUT2D eigenvalue weighted by Gasteiger charge is 2.15. The minimum atomic E-state index is -0.157. The van der Waals surface area contributed by atoms with Gasteiger partial charge in [-0.1, -0.05) is 13.8 Å². The summed E-state index contributed by atoms with van der Waals surface area (Å²) < 4.78 is 10.9. The third kappa shape index (κ3) is 3.57. The molecular weight excluding hydrogens is 232 g/mol. The van der Waals surface area contributed by atoms with Crippen molar-refractivity contribution in [1.82, 2.24) is 9.97 Å². The number of ether oxygens (including phenoxy) is 2. The number of hydrogen-bond acceptors (Lipinski definition) is 4. The van der Waals surface area contributed by atoms with Crippen molar-refractivity contribution in [1.29, 1.82) is 0 Å². The maximum absolute atomic E-state index is 11.5. The van der Waals surface area contributed by atoms with Crippen molar-refractivity contribution in [2.75, 3.05) is 19.8 Å². The van der Waals surface area contributed by atoms with Crippen LogP contribution in [0.2, 0.25) is 0 Å². The van der Waals surface area contributed by atoms with E-state index in [1.165, 1.54) is 6.07 Å². The lowest BCUT2D eigenvalue weighted by Crippen LogP contribution is -2.22. The highest BCUT2D eigenvalue weighted by molar-refractivity contribution is 5.10. The first-order valence-corrected chi connectivity index (χ1v) is 6.47. The number of aromatic amines is 1. The lowest BCUT2D eigenvalue weighted by molar-refractivity contribution is 0.0489. The molecule has 0 aliphatic carbocycles. The summed E-state index contributed by atoms with van der Waals surface area (Å²) in [6, 6.07) is 1.41. The van der Waals surface area contributed by atoms with Gasteiger partial charge in [-0.3, -0.25) is 4.79 Å². The molecule has 1 aromatic rings. The Labute approximate surface area is 107 Å². The molecule has 0 radical (unpaired) electrons. The van der Waals surface area contributed by atoms with Crippen molar-refractivity contribution < 1.29 is 9.47 Å². The lowest BCUT2D eigenvalue weighted by atomic mass is 10.0. The average molecular weight is 252 g/mol. The van der Waals surface area contributed by atoms with E-state index in [2.05, 4.69) is 9.97 Å². The Morgan fingerprint density at radius 1 is 1.50 bits per heavy atom. The predicted molar refractivity (Wildman–Crippen MR) is 68.0 cm³/mol. The number of aromatic nitrogens is 2. The molecule has 0 amide bonds. The van der Waals surface area contributed by atoms with E-state index < -0.39 is 0 Å². The molecule has 1 aromatic heterocycles. The molecule has 1 saturated heterocycles. The average Bonchev–Trinajstić information content (AvgIpc) is 2.37. The standard InChI is InChI=1S/C13H20N2O3/c1-9(2)13-14-11(16)7-12(15-13)18-8-10-3-5-17-6-4-10/h7,9-10H,3-6,8H2,1-2H3,(H,14,15,16). The molecule has 1 fully saturated rings. The summed E-state index contributed by atoms with van der Waals surface area (Å²) in [5, 5.41) is 0. The van der Waals surface area contributed by atoms with E-state index in [4.69, 9.17) is 9.47 Å². The summed E-state index contributed by atoms with van der Waals surface area (Å²) in [6.07, 6.45) is 2.03. The molecule has 2 heterocycles. The number of hydrogen-bond donors (Lipinski definition) is 1. The van der Waals surface area contributed by atoms with E-state index >= 15 is 0 Å². The minimum Gasteiger partial charge on any atom is -0.477 e. The van der Waals surface area contributed by atoms with Gasteiger partial charge in [0.15, 0.2) is 0 Å². The van der Waals surface area contributed by atoms with Crippen LogP contribution < -0.4 is 10.3 Å². The summed E-state index contributed by atoms with van der Waals surface area (Å²) in [6.45, 7) is 6.18. The van der Waals surface area contributed by atoms with Gasteiger partial charge in [0.25, 0.3) is 5.56 Å². The molecule has 0 saturated carbocycles. The Balaban J connectivity index is 1.97. The Hall–Kier alpha value is -1.36. The van der Waals surface area contributed by atoms with Gasteiger partial charge in [-0.05, 0) is 18.8 Å². The Morgan fingerprint density at radius 2 is 2.22 bits per heavy atom.